The van der Waals surface area contributed by atoms with E-state index in [9.17, 15) is 28.2 Å². The minimum atomic E-state index is -4.45. The number of hydrogen-bond acceptors (Lipinski definition) is 3. The highest BCUT2D eigenvalue weighted by Gasteiger charge is 2.30. The minimum absolute atomic E-state index is 0.0316. The lowest BCUT2D eigenvalue weighted by molar-refractivity contribution is -0.137. The second-order valence-electron chi connectivity index (χ2n) is 6.00. The lowest BCUT2D eigenvalue weighted by Gasteiger charge is -2.11. The number of hydrogen-bond donors (Lipinski definition) is 2. The molecular weight excluding hydrogens is 361 g/mol. The van der Waals surface area contributed by atoms with E-state index in [1.165, 1.54) is 36.5 Å². The van der Waals surface area contributed by atoms with Crippen LogP contribution in [-0.4, -0.2) is 25.6 Å². The number of alkyl halides is 3. The van der Waals surface area contributed by atoms with E-state index in [1.807, 2.05) is 0 Å². The molecule has 0 fully saturated rings. The highest BCUT2D eigenvalue weighted by molar-refractivity contribution is 5.95. The summed E-state index contributed by atoms with van der Waals surface area (Å²) < 4.78 is 40.0. The molecule has 136 valence electrons. The van der Waals surface area contributed by atoms with Crippen LogP contribution in [0.1, 0.15) is 15.9 Å². The summed E-state index contributed by atoms with van der Waals surface area (Å²) in [7, 11) is 0. The maximum atomic E-state index is 12.8. The van der Waals surface area contributed by atoms with Gasteiger partial charge in [-0.2, -0.15) is 13.2 Å². The van der Waals surface area contributed by atoms with Gasteiger partial charge in [0.25, 0.3) is 0 Å². The number of aromatic carboxylic acids is 1. The number of aromatic nitrogens is 2. The standard InChI is InChI=1S/C19H11F3N2O3/c20-19(21,22)12-4-1-10(2-5-12)17-16-8-13(25)9-24(16)15-6-3-11(18(26)27)7-14(15)23-17/h1-9,25H,(H,26,27). The molecule has 2 aromatic heterocycles. The van der Waals surface area contributed by atoms with E-state index in [4.69, 9.17) is 0 Å². The lowest BCUT2D eigenvalue weighted by atomic mass is 10.1. The minimum Gasteiger partial charge on any atom is -0.506 e. The van der Waals surface area contributed by atoms with Crippen LogP contribution in [0.2, 0.25) is 0 Å². The van der Waals surface area contributed by atoms with E-state index >= 15 is 0 Å². The van der Waals surface area contributed by atoms with Crippen molar-refractivity contribution in [1.29, 1.82) is 0 Å². The summed E-state index contributed by atoms with van der Waals surface area (Å²) in [5.74, 6) is -1.16. The molecule has 2 heterocycles. The van der Waals surface area contributed by atoms with Gasteiger partial charge in [-0.05, 0) is 30.3 Å². The van der Waals surface area contributed by atoms with E-state index in [1.54, 1.807) is 10.5 Å². The molecule has 0 saturated carbocycles. The van der Waals surface area contributed by atoms with Crippen LogP contribution in [0.25, 0.3) is 27.8 Å². The third-order valence-electron chi connectivity index (χ3n) is 4.25. The maximum absolute atomic E-state index is 12.8. The number of benzene rings is 2. The second-order valence-corrected chi connectivity index (χ2v) is 6.00. The van der Waals surface area contributed by atoms with Crippen molar-refractivity contribution < 1.29 is 28.2 Å². The molecule has 0 saturated heterocycles. The summed E-state index contributed by atoms with van der Waals surface area (Å²) in [6.45, 7) is 0. The molecular formula is C19H11F3N2O3. The van der Waals surface area contributed by atoms with Gasteiger partial charge in [0.05, 0.1) is 39.6 Å². The average Bonchev–Trinajstić information content (AvgIpc) is 3.01. The lowest BCUT2D eigenvalue weighted by Crippen LogP contribution is -2.04. The molecule has 4 rings (SSSR count). The molecule has 8 heteroatoms. The number of carbonyl (C=O) groups is 1. The largest absolute Gasteiger partial charge is 0.506 e. The van der Waals surface area contributed by atoms with Gasteiger partial charge in [-0.3, -0.25) is 0 Å². The first-order valence-electron chi connectivity index (χ1n) is 7.80. The van der Waals surface area contributed by atoms with Crippen molar-refractivity contribution in [2.75, 3.05) is 0 Å². The SMILES string of the molecule is O=C(O)c1ccc2c(c1)nc(-c1ccc(C(F)(F)F)cc1)c1cc(O)cn12. The fraction of sp³-hybridized carbons (Fsp3) is 0.0526. The monoisotopic (exact) mass is 372 g/mol. The molecule has 0 radical (unpaired) electrons. The predicted molar refractivity (Wildman–Crippen MR) is 91.8 cm³/mol. The van der Waals surface area contributed by atoms with Gasteiger partial charge in [-0.25, -0.2) is 9.78 Å². The molecule has 27 heavy (non-hydrogen) atoms. The molecule has 0 aliphatic carbocycles. The Hall–Kier alpha value is -3.55. The van der Waals surface area contributed by atoms with Crippen LogP contribution < -0.4 is 0 Å². The number of carboxylic acids is 1. The highest BCUT2D eigenvalue weighted by atomic mass is 19.4. The van der Waals surface area contributed by atoms with Gasteiger partial charge in [-0.15, -0.1) is 0 Å². The van der Waals surface area contributed by atoms with Crippen molar-refractivity contribution >= 4 is 22.5 Å². The number of nitrogens with zero attached hydrogens (tertiary/aromatic N) is 2. The van der Waals surface area contributed by atoms with E-state index in [0.29, 0.717) is 27.8 Å². The first kappa shape index (κ1) is 16.9. The Bertz CT molecular complexity index is 1190. The summed E-state index contributed by atoms with van der Waals surface area (Å²) in [6, 6.07) is 10.3. The van der Waals surface area contributed by atoms with E-state index in [0.717, 1.165) is 12.1 Å². The normalized spacial score (nSPS) is 12.0. The summed E-state index contributed by atoms with van der Waals surface area (Å²) in [6.07, 6.45) is -3.01. The van der Waals surface area contributed by atoms with Gasteiger partial charge in [0.15, 0.2) is 0 Å². The fourth-order valence-corrected chi connectivity index (χ4v) is 2.99. The molecule has 0 atom stereocenters. The summed E-state index contributed by atoms with van der Waals surface area (Å²) in [5, 5.41) is 19.1. The number of fused-ring (bicyclic) bond motifs is 3. The average molecular weight is 372 g/mol. The summed E-state index contributed by atoms with van der Waals surface area (Å²) in [4.78, 5) is 15.7. The van der Waals surface area contributed by atoms with Crippen molar-refractivity contribution in [2.24, 2.45) is 0 Å². The topological polar surface area (TPSA) is 74.8 Å². The zero-order valence-corrected chi connectivity index (χ0v) is 13.5. The first-order valence-corrected chi connectivity index (χ1v) is 7.80. The molecule has 0 spiro atoms. The maximum Gasteiger partial charge on any atom is 0.416 e. The van der Waals surface area contributed by atoms with Crippen LogP contribution in [0, 0.1) is 0 Å². The highest BCUT2D eigenvalue weighted by Crippen LogP contribution is 2.34. The Labute approximate surface area is 149 Å². The summed E-state index contributed by atoms with van der Waals surface area (Å²) >= 11 is 0. The van der Waals surface area contributed by atoms with Gasteiger partial charge in [0.1, 0.15) is 5.75 Å². The van der Waals surface area contributed by atoms with Crippen molar-refractivity contribution in [1.82, 2.24) is 9.38 Å². The van der Waals surface area contributed by atoms with Crippen molar-refractivity contribution in [3.63, 3.8) is 0 Å². The summed E-state index contributed by atoms with van der Waals surface area (Å²) in [5.41, 5.74) is 1.38. The zero-order valence-electron chi connectivity index (χ0n) is 13.5. The van der Waals surface area contributed by atoms with Gasteiger partial charge in [0.2, 0.25) is 0 Å². The fourth-order valence-electron chi connectivity index (χ4n) is 2.99. The van der Waals surface area contributed by atoms with E-state index < -0.39 is 17.7 Å². The van der Waals surface area contributed by atoms with Crippen LogP contribution in [0.5, 0.6) is 5.75 Å². The van der Waals surface area contributed by atoms with Crippen LogP contribution in [0.15, 0.2) is 54.7 Å². The van der Waals surface area contributed by atoms with Gasteiger partial charge in [-0.1, -0.05) is 12.1 Å². The third kappa shape index (κ3) is 2.84. The Morgan fingerprint density at radius 3 is 2.33 bits per heavy atom. The Morgan fingerprint density at radius 2 is 1.70 bits per heavy atom. The Morgan fingerprint density at radius 1 is 1.00 bits per heavy atom. The van der Waals surface area contributed by atoms with Gasteiger partial charge in [0, 0.05) is 11.6 Å². The van der Waals surface area contributed by atoms with Crippen molar-refractivity contribution in [3.05, 3.63) is 65.9 Å². The van der Waals surface area contributed by atoms with Crippen LogP contribution >= 0.6 is 0 Å². The molecule has 4 aromatic rings. The van der Waals surface area contributed by atoms with Crippen LogP contribution in [-0.2, 0) is 6.18 Å². The van der Waals surface area contributed by atoms with Crippen LogP contribution in [0.3, 0.4) is 0 Å². The number of halogens is 3. The molecule has 5 nitrogen and oxygen atoms in total. The Kier molecular flexibility index (Phi) is 3.59. The molecule has 2 N–H and O–H groups in total. The quantitative estimate of drug-likeness (QED) is 0.540. The number of rotatable bonds is 2. The first-order chi connectivity index (χ1) is 12.7. The van der Waals surface area contributed by atoms with Gasteiger partial charge < -0.3 is 14.6 Å². The van der Waals surface area contributed by atoms with Crippen molar-refractivity contribution in [3.8, 4) is 17.0 Å². The van der Waals surface area contributed by atoms with Gasteiger partial charge >= 0.3 is 12.1 Å². The van der Waals surface area contributed by atoms with E-state index in [2.05, 4.69) is 4.98 Å². The molecule has 0 bridgehead atoms. The predicted octanol–water partition coefficient (Wildman–Crippen LogP) is 4.58. The zero-order chi connectivity index (χ0) is 19.3. The number of carboxylic acid groups (broad SMARTS) is 1. The molecule has 0 aliphatic heterocycles. The molecule has 0 unspecified atom stereocenters. The smallest absolute Gasteiger partial charge is 0.416 e. The third-order valence-corrected chi connectivity index (χ3v) is 4.25. The van der Waals surface area contributed by atoms with Crippen LogP contribution in [0.4, 0.5) is 13.2 Å². The van der Waals surface area contributed by atoms with Crippen molar-refractivity contribution in [2.45, 2.75) is 6.18 Å². The molecule has 0 aliphatic rings. The molecule has 2 aromatic carbocycles. The number of aromatic hydroxyl groups is 1. The van der Waals surface area contributed by atoms with E-state index in [-0.39, 0.29) is 11.3 Å². The molecule has 0 amide bonds. The second kappa shape index (κ2) is 5.73. The Balaban J connectivity index is 1.99.